The summed E-state index contributed by atoms with van der Waals surface area (Å²) >= 11 is 3.75. The highest BCUT2D eigenvalue weighted by atomic mass is 32.2. The van der Waals surface area contributed by atoms with Crippen molar-refractivity contribution in [2.45, 2.75) is 0 Å². The number of hydrogen-bond donors (Lipinski definition) is 3. The molecule has 0 spiro atoms. The van der Waals surface area contributed by atoms with Crippen LogP contribution < -0.4 is 9.86 Å². The Morgan fingerprint density at radius 2 is 1.43 bits per heavy atom. The Morgan fingerprint density at radius 1 is 1.07 bits per heavy atom. The molecule has 0 aliphatic carbocycles. The molecule has 0 aliphatic rings. The minimum Gasteiger partial charge on any atom is -0.216 e. The van der Waals surface area contributed by atoms with Crippen molar-refractivity contribution >= 4 is 22.8 Å². The van der Waals surface area contributed by atoms with Crippen molar-refractivity contribution in [2.75, 3.05) is 12.3 Å². The molecule has 0 atom stereocenters. The molecule has 0 unspecified atom stereocenters. The third-order valence-corrected chi connectivity index (χ3v) is 1.91. The fourth-order valence-corrected chi connectivity index (χ4v) is 1.22. The average Bonchev–Trinajstić information content (AvgIpc) is 2.17. The van der Waals surface area contributed by atoms with Gasteiger partial charge in [0.1, 0.15) is 0 Å². The van der Waals surface area contributed by atoms with Crippen LogP contribution in [-0.2, 0) is 10.2 Å². The van der Waals surface area contributed by atoms with Crippen molar-refractivity contribution in [3.05, 3.63) is 36.4 Å². The van der Waals surface area contributed by atoms with E-state index in [0.29, 0.717) is 5.75 Å². The van der Waals surface area contributed by atoms with E-state index in [1.165, 1.54) is 0 Å². The van der Waals surface area contributed by atoms with Gasteiger partial charge in [0.25, 0.3) is 10.2 Å². The largest absolute Gasteiger partial charge is 0.274 e. The summed E-state index contributed by atoms with van der Waals surface area (Å²) in [5.41, 5.74) is 0. The molecule has 0 radical (unpaired) electrons. The lowest BCUT2D eigenvalue weighted by atomic mass is 10.4. The lowest BCUT2D eigenvalue weighted by Gasteiger charge is -1.94. The Bertz CT molecular complexity index is 287. The molecule has 80 valence electrons. The molecule has 0 heterocycles. The fraction of sp³-hybridized carbons (Fsp3) is 0.250. The van der Waals surface area contributed by atoms with E-state index in [2.05, 4.69) is 17.8 Å². The maximum atomic E-state index is 10.0. The topological polar surface area (TPSA) is 72.2 Å². The van der Waals surface area contributed by atoms with Crippen LogP contribution in [-0.4, -0.2) is 20.7 Å². The molecule has 6 heteroatoms. The smallest absolute Gasteiger partial charge is 0.216 e. The second-order valence-corrected chi connectivity index (χ2v) is 4.14. The first-order valence-electron chi connectivity index (χ1n) is 3.94. The zero-order valence-corrected chi connectivity index (χ0v) is 9.34. The monoisotopic (exact) mass is 234 g/mol. The summed E-state index contributed by atoms with van der Waals surface area (Å²) in [7, 11) is -3.49. The third kappa shape index (κ3) is 11.4. The van der Waals surface area contributed by atoms with Crippen LogP contribution in [0.15, 0.2) is 36.4 Å². The van der Waals surface area contributed by atoms with Gasteiger partial charge >= 0.3 is 0 Å². The van der Waals surface area contributed by atoms with E-state index in [-0.39, 0.29) is 6.54 Å². The Labute approximate surface area is 90.1 Å². The average molecular weight is 234 g/mol. The molecule has 0 aromatic heterocycles. The molecule has 0 amide bonds. The van der Waals surface area contributed by atoms with Crippen LogP contribution in [0.2, 0.25) is 0 Å². The lowest BCUT2D eigenvalue weighted by Crippen LogP contribution is -2.32. The Morgan fingerprint density at radius 3 is 1.57 bits per heavy atom. The van der Waals surface area contributed by atoms with Gasteiger partial charge in [-0.25, -0.2) is 9.86 Å². The predicted octanol–water partition coefficient (Wildman–Crippen LogP) is 0.396. The summed E-state index contributed by atoms with van der Waals surface area (Å²) < 4.78 is 22.1. The van der Waals surface area contributed by atoms with Crippen molar-refractivity contribution in [1.29, 1.82) is 0 Å². The first kappa shape index (κ1) is 13.4. The lowest BCUT2D eigenvalue weighted by molar-refractivity contribution is 0.586. The van der Waals surface area contributed by atoms with Gasteiger partial charge in [0, 0.05) is 12.3 Å². The highest BCUT2D eigenvalue weighted by Crippen LogP contribution is 1.79. The first-order valence-corrected chi connectivity index (χ1v) is 6.12. The van der Waals surface area contributed by atoms with Gasteiger partial charge in [0.05, 0.1) is 0 Å². The number of rotatable bonds is 3. The van der Waals surface area contributed by atoms with E-state index in [9.17, 15) is 8.42 Å². The second kappa shape index (κ2) is 7.81. The highest BCUT2D eigenvalue weighted by molar-refractivity contribution is 7.87. The summed E-state index contributed by atoms with van der Waals surface area (Å²) in [6.07, 6.45) is 0. The molecule has 1 aromatic rings. The minimum atomic E-state index is -3.49. The summed E-state index contributed by atoms with van der Waals surface area (Å²) in [5.74, 6) is 0.455. The third-order valence-electron chi connectivity index (χ3n) is 1.08. The molecular weight excluding hydrogens is 220 g/mol. The van der Waals surface area contributed by atoms with Crippen LogP contribution in [0.5, 0.6) is 0 Å². The molecule has 0 saturated heterocycles. The first-order chi connectivity index (χ1) is 6.56. The number of nitrogens with two attached hydrogens (primary N) is 1. The number of hydrogen-bond acceptors (Lipinski definition) is 3. The zero-order valence-electron chi connectivity index (χ0n) is 7.63. The molecular formula is C8H14N2O2S2. The molecule has 3 N–H and O–H groups in total. The van der Waals surface area contributed by atoms with Crippen molar-refractivity contribution in [1.82, 2.24) is 4.72 Å². The van der Waals surface area contributed by atoms with Crippen LogP contribution in [0.4, 0.5) is 0 Å². The Hall–Kier alpha value is -0.560. The van der Waals surface area contributed by atoms with Gasteiger partial charge in [-0.05, 0) is 0 Å². The molecule has 14 heavy (non-hydrogen) atoms. The van der Waals surface area contributed by atoms with Crippen LogP contribution in [0.3, 0.4) is 0 Å². The molecule has 1 rings (SSSR count). The van der Waals surface area contributed by atoms with E-state index in [0.717, 1.165) is 0 Å². The quantitative estimate of drug-likeness (QED) is 0.662. The summed E-state index contributed by atoms with van der Waals surface area (Å²) in [5, 5.41) is 4.55. The van der Waals surface area contributed by atoms with Gasteiger partial charge in [0.15, 0.2) is 0 Å². The standard InChI is InChI=1S/C6H6.C2H8N2O2S2/c1-2-4-6-5-3-1;3-8(5,6)4-1-2-7/h1-6H;4,7H,1-2H2,(H2,3,5,6). The summed E-state index contributed by atoms with van der Waals surface area (Å²) in [6, 6.07) is 12.0. The Kier molecular flexibility index (Phi) is 7.50. The zero-order chi connectivity index (χ0) is 10.9. The molecule has 1 aromatic carbocycles. The van der Waals surface area contributed by atoms with Crippen molar-refractivity contribution in [3.8, 4) is 0 Å². The second-order valence-electron chi connectivity index (χ2n) is 2.32. The number of thiol groups is 1. The maximum absolute atomic E-state index is 10.0. The van der Waals surface area contributed by atoms with E-state index < -0.39 is 10.2 Å². The van der Waals surface area contributed by atoms with Crippen LogP contribution in [0, 0.1) is 0 Å². The van der Waals surface area contributed by atoms with Gasteiger partial charge < -0.3 is 0 Å². The molecule has 0 saturated carbocycles. The van der Waals surface area contributed by atoms with Crippen molar-refractivity contribution < 1.29 is 8.42 Å². The van der Waals surface area contributed by atoms with Gasteiger partial charge in [-0.3, -0.25) is 0 Å². The van der Waals surface area contributed by atoms with Gasteiger partial charge in [0.2, 0.25) is 0 Å². The van der Waals surface area contributed by atoms with Crippen molar-refractivity contribution in [2.24, 2.45) is 5.14 Å². The SMILES string of the molecule is NS(=O)(=O)NCCS.c1ccccc1. The fourth-order valence-electron chi connectivity index (χ4n) is 0.573. The number of nitrogens with one attached hydrogen (secondary N) is 1. The molecule has 4 nitrogen and oxygen atoms in total. The summed E-state index contributed by atoms with van der Waals surface area (Å²) in [4.78, 5) is 0. The normalized spacial score (nSPS) is 10.1. The van der Waals surface area contributed by atoms with Gasteiger partial charge in [-0.2, -0.15) is 21.0 Å². The number of benzene rings is 1. The molecule has 0 bridgehead atoms. The van der Waals surface area contributed by atoms with E-state index in [1.807, 2.05) is 41.1 Å². The van der Waals surface area contributed by atoms with E-state index in [4.69, 9.17) is 0 Å². The van der Waals surface area contributed by atoms with E-state index >= 15 is 0 Å². The maximum Gasteiger partial charge on any atom is 0.274 e. The molecule has 0 fully saturated rings. The highest BCUT2D eigenvalue weighted by Gasteiger charge is 1.95. The minimum absolute atomic E-state index is 0.280. The van der Waals surface area contributed by atoms with Gasteiger partial charge in [-0.1, -0.05) is 36.4 Å². The van der Waals surface area contributed by atoms with E-state index in [1.54, 1.807) is 0 Å². The van der Waals surface area contributed by atoms with Crippen LogP contribution in [0.1, 0.15) is 0 Å². The van der Waals surface area contributed by atoms with Crippen LogP contribution in [0.25, 0.3) is 0 Å². The van der Waals surface area contributed by atoms with Crippen molar-refractivity contribution in [3.63, 3.8) is 0 Å². The predicted molar refractivity (Wildman–Crippen MR) is 61.4 cm³/mol. The molecule has 0 aliphatic heterocycles. The summed E-state index contributed by atoms with van der Waals surface area (Å²) in [6.45, 7) is 0.280. The van der Waals surface area contributed by atoms with Crippen LogP contribution >= 0.6 is 12.6 Å². The Balaban J connectivity index is 0.000000249. The van der Waals surface area contributed by atoms with Gasteiger partial charge in [-0.15, -0.1) is 0 Å².